The van der Waals surface area contributed by atoms with Gasteiger partial charge in [-0.15, -0.1) is 0 Å². The lowest BCUT2D eigenvalue weighted by Crippen LogP contribution is -2.39. The molecule has 2 heterocycles. The molecule has 2 rings (SSSR count). The van der Waals surface area contributed by atoms with Crippen LogP contribution in [0.3, 0.4) is 0 Å². The van der Waals surface area contributed by atoms with Crippen molar-refractivity contribution in [3.05, 3.63) is 29.6 Å². The van der Waals surface area contributed by atoms with Crippen molar-refractivity contribution >= 4 is 11.9 Å². The summed E-state index contributed by atoms with van der Waals surface area (Å²) < 4.78 is 0. The first-order valence-corrected chi connectivity index (χ1v) is 6.52. The quantitative estimate of drug-likeness (QED) is 0.760. The molecule has 1 fully saturated rings. The highest BCUT2D eigenvalue weighted by molar-refractivity contribution is 5.87. The van der Waals surface area contributed by atoms with E-state index < -0.39 is 11.9 Å². The molecule has 1 aromatic rings. The van der Waals surface area contributed by atoms with Crippen LogP contribution in [-0.2, 0) is 4.79 Å². The molecule has 1 saturated heterocycles. The number of hydrogen-bond acceptors (Lipinski definition) is 4. The molecule has 3 N–H and O–H groups in total. The van der Waals surface area contributed by atoms with Gasteiger partial charge in [-0.25, -0.2) is 4.79 Å². The van der Waals surface area contributed by atoms with Gasteiger partial charge in [0.05, 0.1) is 11.5 Å². The second kappa shape index (κ2) is 7.59. The predicted molar refractivity (Wildman–Crippen MR) is 73.8 cm³/mol. The zero-order valence-corrected chi connectivity index (χ0v) is 11.7. The van der Waals surface area contributed by atoms with E-state index in [1.807, 2.05) is 6.92 Å². The Morgan fingerprint density at radius 1 is 1.30 bits per heavy atom. The molecule has 2 unspecified atom stereocenters. The summed E-state index contributed by atoms with van der Waals surface area (Å²) in [6.45, 7) is 4.53. The highest BCUT2D eigenvalue weighted by atomic mass is 16.4. The molecule has 6 heteroatoms. The van der Waals surface area contributed by atoms with Gasteiger partial charge < -0.3 is 15.5 Å². The van der Waals surface area contributed by atoms with Crippen molar-refractivity contribution < 1.29 is 19.8 Å². The van der Waals surface area contributed by atoms with Gasteiger partial charge in [0, 0.05) is 24.5 Å². The molecule has 0 amide bonds. The molecule has 0 bridgehead atoms. The van der Waals surface area contributed by atoms with E-state index in [4.69, 9.17) is 10.2 Å². The Bertz CT molecular complexity index is 451. The first kappa shape index (κ1) is 16.1. The lowest BCUT2D eigenvalue weighted by Gasteiger charge is -2.24. The van der Waals surface area contributed by atoms with Crippen LogP contribution in [-0.4, -0.2) is 39.7 Å². The summed E-state index contributed by atoms with van der Waals surface area (Å²) in [5.41, 5.74) is 1.05. The number of carboxylic acid groups (broad SMARTS) is 2. The Balaban J connectivity index is 0.000000200. The number of nitrogens with one attached hydrogen (secondary N) is 1. The second-order valence-corrected chi connectivity index (χ2v) is 4.92. The molecule has 1 aliphatic rings. The first-order chi connectivity index (χ1) is 9.40. The summed E-state index contributed by atoms with van der Waals surface area (Å²) >= 11 is 0. The number of aromatic nitrogens is 1. The Hall–Kier alpha value is -1.95. The minimum Gasteiger partial charge on any atom is -0.481 e. The molecule has 110 valence electrons. The van der Waals surface area contributed by atoms with Crippen LogP contribution in [0.15, 0.2) is 18.3 Å². The number of rotatable bonds is 2. The van der Waals surface area contributed by atoms with E-state index >= 15 is 0 Å². The zero-order chi connectivity index (χ0) is 15.1. The Kier molecular flexibility index (Phi) is 6.11. The van der Waals surface area contributed by atoms with Crippen molar-refractivity contribution in [3.63, 3.8) is 0 Å². The maximum absolute atomic E-state index is 10.4. The van der Waals surface area contributed by atoms with Crippen LogP contribution >= 0.6 is 0 Å². The van der Waals surface area contributed by atoms with Gasteiger partial charge in [0.1, 0.15) is 0 Å². The molecular formula is C14H20N2O4. The number of carbonyl (C=O) groups is 2. The minimum absolute atomic E-state index is 0.156. The lowest BCUT2D eigenvalue weighted by atomic mass is 9.96. The summed E-state index contributed by atoms with van der Waals surface area (Å²) in [7, 11) is 0. The number of carboxylic acids is 2. The van der Waals surface area contributed by atoms with E-state index in [9.17, 15) is 9.59 Å². The van der Waals surface area contributed by atoms with Gasteiger partial charge in [-0.1, -0.05) is 0 Å². The van der Waals surface area contributed by atoms with E-state index in [0.29, 0.717) is 12.6 Å². The second-order valence-electron chi connectivity index (χ2n) is 4.92. The SMILES string of the molecule is CC1CCC(C(=O)O)CN1.Cc1ccc(C(=O)O)cn1. The van der Waals surface area contributed by atoms with Gasteiger partial charge in [0.15, 0.2) is 0 Å². The number of piperidine rings is 1. The molecule has 6 nitrogen and oxygen atoms in total. The van der Waals surface area contributed by atoms with Crippen molar-refractivity contribution in [2.24, 2.45) is 5.92 Å². The normalized spacial score (nSPS) is 21.5. The number of pyridine rings is 1. The fourth-order valence-electron chi connectivity index (χ4n) is 1.80. The van der Waals surface area contributed by atoms with E-state index in [0.717, 1.165) is 18.5 Å². The smallest absolute Gasteiger partial charge is 0.337 e. The minimum atomic E-state index is -0.937. The third kappa shape index (κ3) is 5.36. The van der Waals surface area contributed by atoms with Gasteiger partial charge in [-0.3, -0.25) is 9.78 Å². The van der Waals surface area contributed by atoms with Gasteiger partial charge in [0.25, 0.3) is 0 Å². The molecular weight excluding hydrogens is 260 g/mol. The number of aryl methyl sites for hydroxylation is 1. The van der Waals surface area contributed by atoms with Crippen molar-refractivity contribution in [2.45, 2.75) is 32.7 Å². The van der Waals surface area contributed by atoms with Gasteiger partial charge in [-0.2, -0.15) is 0 Å². The molecule has 0 aromatic carbocycles. The molecule has 0 spiro atoms. The van der Waals surface area contributed by atoms with Gasteiger partial charge in [0.2, 0.25) is 0 Å². The zero-order valence-electron chi connectivity index (χ0n) is 11.7. The average Bonchev–Trinajstić information content (AvgIpc) is 2.40. The maximum atomic E-state index is 10.4. The van der Waals surface area contributed by atoms with Crippen molar-refractivity contribution in [3.8, 4) is 0 Å². The number of hydrogen-bond donors (Lipinski definition) is 3. The van der Waals surface area contributed by atoms with Crippen LogP contribution < -0.4 is 5.32 Å². The van der Waals surface area contributed by atoms with Crippen LogP contribution in [0.4, 0.5) is 0 Å². The number of aliphatic carboxylic acids is 1. The van der Waals surface area contributed by atoms with Crippen molar-refractivity contribution in [2.75, 3.05) is 6.54 Å². The highest BCUT2D eigenvalue weighted by Gasteiger charge is 2.22. The summed E-state index contributed by atoms with van der Waals surface area (Å²) in [4.78, 5) is 24.5. The van der Waals surface area contributed by atoms with Crippen LogP contribution in [0.1, 0.15) is 35.8 Å². The maximum Gasteiger partial charge on any atom is 0.337 e. The Morgan fingerprint density at radius 2 is 2.00 bits per heavy atom. The van der Waals surface area contributed by atoms with Crippen LogP contribution in [0.5, 0.6) is 0 Å². The molecule has 1 aromatic heterocycles. The molecule has 20 heavy (non-hydrogen) atoms. The van der Waals surface area contributed by atoms with E-state index in [-0.39, 0.29) is 11.5 Å². The Morgan fingerprint density at radius 3 is 2.40 bits per heavy atom. The summed E-state index contributed by atoms with van der Waals surface area (Å²) in [5, 5.41) is 20.2. The fraction of sp³-hybridized carbons (Fsp3) is 0.500. The van der Waals surface area contributed by atoms with E-state index in [1.54, 1.807) is 6.07 Å². The molecule has 0 aliphatic carbocycles. The highest BCUT2D eigenvalue weighted by Crippen LogP contribution is 2.13. The fourth-order valence-corrected chi connectivity index (χ4v) is 1.80. The molecule has 1 aliphatic heterocycles. The van der Waals surface area contributed by atoms with Gasteiger partial charge >= 0.3 is 11.9 Å². The van der Waals surface area contributed by atoms with Gasteiger partial charge in [-0.05, 0) is 38.8 Å². The van der Waals surface area contributed by atoms with Crippen molar-refractivity contribution in [1.29, 1.82) is 0 Å². The third-order valence-electron chi connectivity index (χ3n) is 3.17. The van der Waals surface area contributed by atoms with Crippen LogP contribution in [0.25, 0.3) is 0 Å². The average molecular weight is 280 g/mol. The van der Waals surface area contributed by atoms with E-state index in [1.165, 1.54) is 12.3 Å². The molecule has 0 saturated carbocycles. The third-order valence-corrected chi connectivity index (χ3v) is 3.17. The Labute approximate surface area is 117 Å². The molecule has 0 radical (unpaired) electrons. The number of aromatic carboxylic acids is 1. The van der Waals surface area contributed by atoms with Crippen LogP contribution in [0.2, 0.25) is 0 Å². The van der Waals surface area contributed by atoms with Crippen molar-refractivity contribution in [1.82, 2.24) is 10.3 Å². The number of nitrogens with zero attached hydrogens (tertiary/aromatic N) is 1. The van der Waals surface area contributed by atoms with Crippen LogP contribution in [0, 0.1) is 12.8 Å². The first-order valence-electron chi connectivity index (χ1n) is 6.52. The van der Waals surface area contributed by atoms with E-state index in [2.05, 4.69) is 17.2 Å². The topological polar surface area (TPSA) is 99.5 Å². The molecule has 2 atom stereocenters. The lowest BCUT2D eigenvalue weighted by molar-refractivity contribution is -0.142. The summed E-state index contributed by atoms with van der Waals surface area (Å²) in [6, 6.07) is 3.70. The summed E-state index contributed by atoms with van der Waals surface area (Å²) in [5.74, 6) is -1.76. The summed E-state index contributed by atoms with van der Waals surface area (Å²) in [6.07, 6.45) is 3.15. The predicted octanol–water partition coefficient (Wildman–Crippen LogP) is 1.55. The largest absolute Gasteiger partial charge is 0.481 e. The standard InChI is InChI=1S/C7H13NO2.C7H7NO2/c2*1-5-2-3-6(4-8-5)7(9)10/h5-6,8H,2-4H2,1H3,(H,9,10);2-4H,1H3,(H,9,10). The monoisotopic (exact) mass is 280 g/mol.